The van der Waals surface area contributed by atoms with Gasteiger partial charge < -0.3 is 9.64 Å². The van der Waals surface area contributed by atoms with Crippen molar-refractivity contribution in [3.8, 4) is 0 Å². The van der Waals surface area contributed by atoms with Gasteiger partial charge in [0.1, 0.15) is 5.82 Å². The molecule has 0 amide bonds. The summed E-state index contributed by atoms with van der Waals surface area (Å²) < 4.78 is 19.0. The number of hydrogen-bond acceptors (Lipinski definition) is 2. The maximum atomic E-state index is 13.5. The summed E-state index contributed by atoms with van der Waals surface area (Å²) in [5.41, 5.74) is 0.725. The summed E-state index contributed by atoms with van der Waals surface area (Å²) in [5.74, 6) is -0.125. The number of fused-ring (bicyclic) bond motifs is 2. The monoisotopic (exact) mass is 193 g/mol. The van der Waals surface area contributed by atoms with Gasteiger partial charge in [0.15, 0.2) is 0 Å². The molecular weight excluding hydrogens is 181 g/mol. The van der Waals surface area contributed by atoms with Crippen molar-refractivity contribution >= 4 is 5.69 Å². The lowest BCUT2D eigenvalue weighted by atomic mass is 10.2. The maximum absolute atomic E-state index is 13.5. The molecule has 2 saturated heterocycles. The van der Waals surface area contributed by atoms with Gasteiger partial charge in [-0.15, -0.1) is 0 Å². The minimum Gasteiger partial charge on any atom is -0.374 e. The van der Waals surface area contributed by atoms with E-state index in [2.05, 4.69) is 4.90 Å². The van der Waals surface area contributed by atoms with E-state index in [-0.39, 0.29) is 5.82 Å². The zero-order chi connectivity index (χ0) is 9.54. The predicted molar refractivity (Wildman–Crippen MR) is 51.9 cm³/mol. The van der Waals surface area contributed by atoms with Crippen LogP contribution in [0.4, 0.5) is 10.1 Å². The van der Waals surface area contributed by atoms with Crippen LogP contribution in [0.3, 0.4) is 0 Å². The summed E-state index contributed by atoms with van der Waals surface area (Å²) in [6.07, 6.45) is 1.37. The molecule has 14 heavy (non-hydrogen) atoms. The summed E-state index contributed by atoms with van der Waals surface area (Å²) in [7, 11) is 0. The first-order chi connectivity index (χ1) is 6.84. The molecule has 1 aromatic carbocycles. The number of ether oxygens (including phenoxy) is 1. The van der Waals surface area contributed by atoms with Gasteiger partial charge in [0.05, 0.1) is 24.4 Å². The largest absolute Gasteiger partial charge is 0.374 e. The van der Waals surface area contributed by atoms with Gasteiger partial charge in [0.2, 0.25) is 0 Å². The Morgan fingerprint density at radius 2 is 2.21 bits per heavy atom. The van der Waals surface area contributed by atoms with Crippen molar-refractivity contribution in [1.82, 2.24) is 0 Å². The fourth-order valence-electron chi connectivity index (χ4n) is 2.38. The molecule has 2 aliphatic rings. The number of morpholine rings is 1. The van der Waals surface area contributed by atoms with Crippen LogP contribution in [-0.2, 0) is 4.74 Å². The van der Waals surface area contributed by atoms with Crippen molar-refractivity contribution in [3.63, 3.8) is 0 Å². The molecule has 2 fully saturated rings. The van der Waals surface area contributed by atoms with Crippen molar-refractivity contribution in [3.05, 3.63) is 30.1 Å². The molecule has 2 atom stereocenters. The Bertz CT molecular complexity index is 355. The topological polar surface area (TPSA) is 12.5 Å². The number of benzene rings is 1. The van der Waals surface area contributed by atoms with Crippen molar-refractivity contribution in [1.29, 1.82) is 0 Å². The highest BCUT2D eigenvalue weighted by atomic mass is 19.1. The molecule has 0 spiro atoms. The van der Waals surface area contributed by atoms with E-state index in [1.165, 1.54) is 6.07 Å². The smallest absolute Gasteiger partial charge is 0.146 e. The van der Waals surface area contributed by atoms with Gasteiger partial charge in [-0.2, -0.15) is 0 Å². The molecule has 2 heterocycles. The highest BCUT2D eigenvalue weighted by Crippen LogP contribution is 2.33. The molecule has 2 bridgehead atoms. The third-order valence-electron chi connectivity index (χ3n) is 3.06. The lowest BCUT2D eigenvalue weighted by molar-refractivity contribution is 0.0989. The van der Waals surface area contributed by atoms with E-state index in [0.717, 1.165) is 25.3 Å². The van der Waals surface area contributed by atoms with Crippen LogP contribution in [0.5, 0.6) is 0 Å². The number of para-hydroxylation sites is 1. The summed E-state index contributed by atoms with van der Waals surface area (Å²) >= 11 is 0. The molecule has 1 aromatic rings. The Balaban J connectivity index is 1.93. The number of rotatable bonds is 1. The summed E-state index contributed by atoms with van der Waals surface area (Å²) in [6.45, 7) is 1.59. The van der Waals surface area contributed by atoms with Gasteiger partial charge in [0, 0.05) is 6.54 Å². The quantitative estimate of drug-likeness (QED) is 0.674. The van der Waals surface area contributed by atoms with Crippen molar-refractivity contribution < 1.29 is 9.13 Å². The average Bonchev–Trinajstić information content (AvgIpc) is 2.79. The zero-order valence-electron chi connectivity index (χ0n) is 7.82. The van der Waals surface area contributed by atoms with Gasteiger partial charge >= 0.3 is 0 Å². The van der Waals surface area contributed by atoms with Crippen molar-refractivity contribution in [2.75, 3.05) is 18.1 Å². The van der Waals surface area contributed by atoms with Crippen LogP contribution in [0.2, 0.25) is 0 Å². The molecule has 3 rings (SSSR count). The Hall–Kier alpha value is -1.09. The minimum atomic E-state index is -0.125. The fourth-order valence-corrected chi connectivity index (χ4v) is 2.38. The highest BCUT2D eigenvalue weighted by molar-refractivity contribution is 5.50. The minimum absolute atomic E-state index is 0.125. The first-order valence-electron chi connectivity index (χ1n) is 4.97. The third kappa shape index (κ3) is 1.12. The fraction of sp³-hybridized carbons (Fsp3) is 0.455. The average molecular weight is 193 g/mol. The van der Waals surface area contributed by atoms with E-state index in [1.54, 1.807) is 6.07 Å². The van der Waals surface area contributed by atoms with E-state index in [4.69, 9.17) is 4.74 Å². The zero-order valence-corrected chi connectivity index (χ0v) is 7.82. The Labute approximate surface area is 82.3 Å². The maximum Gasteiger partial charge on any atom is 0.146 e. The second-order valence-corrected chi connectivity index (χ2v) is 3.95. The summed E-state index contributed by atoms with van der Waals surface area (Å²) in [5, 5.41) is 0. The molecule has 0 saturated carbocycles. The third-order valence-corrected chi connectivity index (χ3v) is 3.06. The van der Waals surface area contributed by atoms with E-state index < -0.39 is 0 Å². The first-order valence-corrected chi connectivity index (χ1v) is 4.97. The van der Waals surface area contributed by atoms with Gasteiger partial charge in [-0.25, -0.2) is 4.39 Å². The Morgan fingerprint density at radius 3 is 2.86 bits per heavy atom. The van der Waals surface area contributed by atoms with Crippen LogP contribution in [0.1, 0.15) is 6.42 Å². The predicted octanol–water partition coefficient (Wildman–Crippen LogP) is 1.80. The van der Waals surface area contributed by atoms with Gasteiger partial charge in [-0.05, 0) is 18.6 Å². The van der Waals surface area contributed by atoms with E-state index >= 15 is 0 Å². The van der Waals surface area contributed by atoms with Crippen LogP contribution in [-0.4, -0.2) is 25.3 Å². The number of hydrogen-bond donors (Lipinski definition) is 0. The normalized spacial score (nSPS) is 29.9. The van der Waals surface area contributed by atoms with Crippen molar-refractivity contribution in [2.45, 2.75) is 18.6 Å². The highest BCUT2D eigenvalue weighted by Gasteiger charge is 2.39. The van der Waals surface area contributed by atoms with E-state index in [1.807, 2.05) is 12.1 Å². The van der Waals surface area contributed by atoms with Gasteiger partial charge in [-0.1, -0.05) is 12.1 Å². The molecule has 2 nitrogen and oxygen atoms in total. The van der Waals surface area contributed by atoms with Crippen LogP contribution >= 0.6 is 0 Å². The Kier molecular flexibility index (Phi) is 1.74. The molecule has 0 N–H and O–H groups in total. The van der Waals surface area contributed by atoms with E-state index in [9.17, 15) is 4.39 Å². The SMILES string of the molecule is Fc1ccccc1N1CC2CC1CO2. The van der Waals surface area contributed by atoms with Gasteiger partial charge in [-0.3, -0.25) is 0 Å². The lowest BCUT2D eigenvalue weighted by Crippen LogP contribution is -2.37. The lowest BCUT2D eigenvalue weighted by Gasteiger charge is -2.29. The second-order valence-electron chi connectivity index (χ2n) is 3.95. The number of anilines is 1. The molecule has 0 radical (unpaired) electrons. The molecule has 2 unspecified atom stereocenters. The number of nitrogens with zero attached hydrogens (tertiary/aromatic N) is 1. The first kappa shape index (κ1) is 8.24. The number of halogens is 1. The molecule has 2 aliphatic heterocycles. The second kappa shape index (κ2) is 2.95. The van der Waals surface area contributed by atoms with E-state index in [0.29, 0.717) is 12.1 Å². The van der Waals surface area contributed by atoms with Gasteiger partial charge in [0.25, 0.3) is 0 Å². The standard InChI is InChI=1S/C11H12FNO/c12-10-3-1-2-4-11(10)13-6-9-5-8(13)7-14-9/h1-4,8-9H,5-7H2. The summed E-state index contributed by atoms with van der Waals surface area (Å²) in [6, 6.07) is 7.35. The Morgan fingerprint density at radius 1 is 1.36 bits per heavy atom. The molecule has 74 valence electrons. The summed E-state index contributed by atoms with van der Waals surface area (Å²) in [4.78, 5) is 2.13. The van der Waals surface area contributed by atoms with Crippen LogP contribution < -0.4 is 4.90 Å². The molecular formula is C11H12FNO. The molecule has 0 aliphatic carbocycles. The van der Waals surface area contributed by atoms with Crippen LogP contribution in [0, 0.1) is 5.82 Å². The molecule has 3 heteroatoms. The molecule has 0 aromatic heterocycles. The van der Waals surface area contributed by atoms with Crippen LogP contribution in [0.25, 0.3) is 0 Å². The van der Waals surface area contributed by atoms with Crippen molar-refractivity contribution in [2.24, 2.45) is 0 Å². The van der Waals surface area contributed by atoms with Crippen LogP contribution in [0.15, 0.2) is 24.3 Å².